The van der Waals surface area contributed by atoms with Gasteiger partial charge in [-0.3, -0.25) is 9.59 Å². The van der Waals surface area contributed by atoms with Gasteiger partial charge in [0.25, 0.3) is 5.91 Å². The molecule has 7 heteroatoms. The van der Waals surface area contributed by atoms with Crippen LogP contribution in [0, 0.1) is 5.92 Å². The van der Waals surface area contributed by atoms with Crippen LogP contribution >= 0.6 is 28.3 Å². The van der Waals surface area contributed by atoms with E-state index in [-0.39, 0.29) is 24.2 Å². The van der Waals surface area contributed by atoms with E-state index in [2.05, 4.69) is 31.9 Å². The molecule has 1 fully saturated rings. The first-order valence-electron chi connectivity index (χ1n) is 7.16. The summed E-state index contributed by atoms with van der Waals surface area (Å²) in [5.41, 5.74) is 0.607. The summed E-state index contributed by atoms with van der Waals surface area (Å²) < 4.78 is 0.935. The highest BCUT2D eigenvalue weighted by atomic mass is 79.9. The van der Waals surface area contributed by atoms with Crippen molar-refractivity contribution >= 4 is 40.2 Å². The molecule has 2 rings (SSSR count). The van der Waals surface area contributed by atoms with Crippen molar-refractivity contribution < 1.29 is 9.59 Å². The van der Waals surface area contributed by atoms with Crippen LogP contribution in [-0.4, -0.2) is 38.0 Å². The topological polar surface area (TPSA) is 70.2 Å². The second-order valence-corrected chi connectivity index (χ2v) is 6.10. The minimum Gasteiger partial charge on any atom is -0.353 e. The van der Waals surface area contributed by atoms with E-state index in [9.17, 15) is 9.59 Å². The molecule has 22 heavy (non-hydrogen) atoms. The zero-order valence-corrected chi connectivity index (χ0v) is 14.6. The molecule has 0 bridgehead atoms. The fraction of sp³-hybridized carbons (Fsp3) is 0.467. The molecule has 0 aliphatic heterocycles. The number of nitrogens with one attached hydrogen (secondary N) is 3. The Labute approximate surface area is 145 Å². The summed E-state index contributed by atoms with van der Waals surface area (Å²) in [6, 6.07) is 7.14. The quantitative estimate of drug-likeness (QED) is 0.592. The lowest BCUT2D eigenvalue weighted by molar-refractivity contribution is -0.120. The number of benzene rings is 1. The number of hydrogen-bond donors (Lipinski definition) is 3. The molecule has 0 saturated heterocycles. The van der Waals surface area contributed by atoms with E-state index in [1.807, 2.05) is 12.1 Å². The van der Waals surface area contributed by atoms with Gasteiger partial charge in [-0.15, -0.1) is 12.4 Å². The standard InChI is InChI=1S/C15H20BrN3O2.ClH/c16-13-5-3-12(4-6-13)15(21)19-8-7-18-14(20)10-17-9-11-1-2-11;/h3-6,11,17H,1-2,7-10H2,(H,18,20)(H,19,21);1H. The molecule has 1 aromatic rings. The zero-order chi connectivity index (χ0) is 15.1. The Hall–Kier alpha value is -1.11. The van der Waals surface area contributed by atoms with Crippen LogP contribution in [0.1, 0.15) is 23.2 Å². The van der Waals surface area contributed by atoms with E-state index in [0.29, 0.717) is 25.2 Å². The van der Waals surface area contributed by atoms with Crippen molar-refractivity contribution in [2.75, 3.05) is 26.2 Å². The minimum absolute atomic E-state index is 0. The lowest BCUT2D eigenvalue weighted by atomic mass is 10.2. The van der Waals surface area contributed by atoms with Crippen LogP contribution in [0.15, 0.2) is 28.7 Å². The molecular formula is C15H21BrClN3O2. The molecule has 1 aromatic carbocycles. The summed E-state index contributed by atoms with van der Waals surface area (Å²) in [6.45, 7) is 2.13. The second-order valence-electron chi connectivity index (χ2n) is 5.19. The molecule has 0 heterocycles. The number of carbonyl (C=O) groups is 2. The first kappa shape index (κ1) is 18.9. The summed E-state index contributed by atoms with van der Waals surface area (Å²) >= 11 is 3.32. The third-order valence-corrected chi connectivity index (χ3v) is 3.78. The maximum absolute atomic E-state index is 11.8. The largest absolute Gasteiger partial charge is 0.353 e. The summed E-state index contributed by atoms with van der Waals surface area (Å²) in [5, 5.41) is 8.66. The highest BCUT2D eigenvalue weighted by Gasteiger charge is 2.20. The van der Waals surface area contributed by atoms with Gasteiger partial charge in [0.1, 0.15) is 0 Å². The van der Waals surface area contributed by atoms with Crippen LogP contribution in [0.2, 0.25) is 0 Å². The van der Waals surface area contributed by atoms with E-state index in [4.69, 9.17) is 0 Å². The second kappa shape index (κ2) is 9.82. The van der Waals surface area contributed by atoms with Crippen molar-refractivity contribution in [3.63, 3.8) is 0 Å². The average Bonchev–Trinajstić information content (AvgIpc) is 3.28. The summed E-state index contributed by atoms with van der Waals surface area (Å²) in [4.78, 5) is 23.3. The Morgan fingerprint density at radius 2 is 1.73 bits per heavy atom. The van der Waals surface area contributed by atoms with Crippen molar-refractivity contribution in [3.8, 4) is 0 Å². The summed E-state index contributed by atoms with van der Waals surface area (Å²) in [7, 11) is 0. The molecular weight excluding hydrogens is 370 g/mol. The fourth-order valence-electron chi connectivity index (χ4n) is 1.86. The SMILES string of the molecule is Cl.O=C(CNCC1CC1)NCCNC(=O)c1ccc(Br)cc1. The Bertz CT molecular complexity index is 492. The highest BCUT2D eigenvalue weighted by Crippen LogP contribution is 2.27. The normalized spacial score (nSPS) is 13.1. The molecule has 0 spiro atoms. The first-order chi connectivity index (χ1) is 10.1. The molecule has 0 unspecified atom stereocenters. The third-order valence-electron chi connectivity index (χ3n) is 3.25. The molecule has 0 atom stereocenters. The van der Waals surface area contributed by atoms with Crippen LogP contribution in [-0.2, 0) is 4.79 Å². The van der Waals surface area contributed by atoms with Crippen LogP contribution in [0.25, 0.3) is 0 Å². The lowest BCUT2D eigenvalue weighted by Gasteiger charge is -2.08. The van der Waals surface area contributed by atoms with Gasteiger partial charge in [0.15, 0.2) is 0 Å². The van der Waals surface area contributed by atoms with Gasteiger partial charge in [0.2, 0.25) is 5.91 Å². The molecule has 122 valence electrons. The Kier molecular flexibility index (Phi) is 8.45. The number of rotatable bonds is 8. The van der Waals surface area contributed by atoms with E-state index in [1.165, 1.54) is 12.8 Å². The van der Waals surface area contributed by atoms with Crippen LogP contribution in [0.3, 0.4) is 0 Å². The molecule has 1 aliphatic carbocycles. The van der Waals surface area contributed by atoms with Crippen LogP contribution in [0.5, 0.6) is 0 Å². The zero-order valence-electron chi connectivity index (χ0n) is 12.2. The maximum Gasteiger partial charge on any atom is 0.251 e. The molecule has 1 aliphatic rings. The fourth-order valence-corrected chi connectivity index (χ4v) is 2.12. The Morgan fingerprint density at radius 3 is 2.36 bits per heavy atom. The molecule has 3 N–H and O–H groups in total. The molecule has 2 amide bonds. The Morgan fingerprint density at radius 1 is 1.09 bits per heavy atom. The van der Waals surface area contributed by atoms with E-state index in [0.717, 1.165) is 16.9 Å². The van der Waals surface area contributed by atoms with Crippen LogP contribution < -0.4 is 16.0 Å². The smallest absolute Gasteiger partial charge is 0.251 e. The van der Waals surface area contributed by atoms with Gasteiger partial charge in [0.05, 0.1) is 6.54 Å². The lowest BCUT2D eigenvalue weighted by Crippen LogP contribution is -2.39. The number of amides is 2. The Balaban J connectivity index is 0.00000242. The van der Waals surface area contributed by atoms with Gasteiger partial charge < -0.3 is 16.0 Å². The highest BCUT2D eigenvalue weighted by molar-refractivity contribution is 9.10. The molecule has 5 nitrogen and oxygen atoms in total. The number of hydrogen-bond acceptors (Lipinski definition) is 3. The maximum atomic E-state index is 11.8. The van der Waals surface area contributed by atoms with Gasteiger partial charge in [-0.2, -0.15) is 0 Å². The predicted molar refractivity (Wildman–Crippen MR) is 92.3 cm³/mol. The van der Waals surface area contributed by atoms with Gasteiger partial charge in [-0.1, -0.05) is 15.9 Å². The average molecular weight is 391 g/mol. The molecule has 0 aromatic heterocycles. The monoisotopic (exact) mass is 389 g/mol. The number of halogens is 2. The van der Waals surface area contributed by atoms with Crippen molar-refractivity contribution in [1.82, 2.24) is 16.0 Å². The first-order valence-corrected chi connectivity index (χ1v) is 7.95. The van der Waals surface area contributed by atoms with Crippen LogP contribution in [0.4, 0.5) is 0 Å². The minimum atomic E-state index is -0.136. The van der Waals surface area contributed by atoms with E-state index >= 15 is 0 Å². The van der Waals surface area contributed by atoms with E-state index in [1.54, 1.807) is 12.1 Å². The van der Waals surface area contributed by atoms with Crippen molar-refractivity contribution in [1.29, 1.82) is 0 Å². The van der Waals surface area contributed by atoms with Gasteiger partial charge in [-0.05, 0) is 49.6 Å². The third kappa shape index (κ3) is 7.24. The number of carbonyl (C=O) groups excluding carboxylic acids is 2. The van der Waals surface area contributed by atoms with Crippen molar-refractivity contribution in [3.05, 3.63) is 34.3 Å². The van der Waals surface area contributed by atoms with Gasteiger partial charge in [0, 0.05) is 23.1 Å². The van der Waals surface area contributed by atoms with Crippen molar-refractivity contribution in [2.45, 2.75) is 12.8 Å². The predicted octanol–water partition coefficient (Wildman–Crippen LogP) is 1.72. The molecule has 0 radical (unpaired) electrons. The summed E-state index contributed by atoms with van der Waals surface area (Å²) in [6.07, 6.45) is 2.55. The molecule has 1 saturated carbocycles. The van der Waals surface area contributed by atoms with Gasteiger partial charge in [-0.25, -0.2) is 0 Å². The van der Waals surface area contributed by atoms with Crippen molar-refractivity contribution in [2.24, 2.45) is 5.92 Å². The summed E-state index contributed by atoms with van der Waals surface area (Å²) in [5.74, 6) is 0.597. The van der Waals surface area contributed by atoms with E-state index < -0.39 is 0 Å². The van der Waals surface area contributed by atoms with Gasteiger partial charge >= 0.3 is 0 Å².